The summed E-state index contributed by atoms with van der Waals surface area (Å²) in [6.07, 6.45) is -0.0102. The van der Waals surface area contributed by atoms with Crippen LogP contribution in [-0.4, -0.2) is 35.0 Å². The Hall–Kier alpha value is -6.42. The number of esters is 2. The van der Waals surface area contributed by atoms with E-state index in [4.69, 9.17) is 9.47 Å². The van der Waals surface area contributed by atoms with Gasteiger partial charge in [0.2, 0.25) is 0 Å². The molecule has 0 saturated carbocycles. The van der Waals surface area contributed by atoms with E-state index in [9.17, 15) is 24.3 Å². The highest BCUT2D eigenvalue weighted by atomic mass is 16.6. The van der Waals surface area contributed by atoms with Gasteiger partial charge in [0.05, 0.1) is 0 Å². The SMILES string of the molecule is CC#CC#CC#CC#CC#CC#CC#CC#CC(=O)N[C@@H](Cc1ccc(OC(=O)CC)c(OC(=O)CC)c1)C(=O)O. The van der Waals surface area contributed by atoms with Crippen LogP contribution in [0.2, 0.25) is 0 Å². The predicted molar refractivity (Wildman–Crippen MR) is 149 cm³/mol. The lowest BCUT2D eigenvalue weighted by atomic mass is 10.1. The molecule has 0 aliphatic heterocycles. The van der Waals surface area contributed by atoms with Crippen LogP contribution in [0.25, 0.3) is 0 Å². The maximum Gasteiger partial charge on any atom is 0.326 e. The highest BCUT2D eigenvalue weighted by Gasteiger charge is 2.21. The van der Waals surface area contributed by atoms with Crippen LogP contribution in [0.3, 0.4) is 0 Å². The minimum Gasteiger partial charge on any atom is -0.480 e. The van der Waals surface area contributed by atoms with Gasteiger partial charge in [0.1, 0.15) is 6.04 Å². The predicted octanol–water partition coefficient (Wildman–Crippen LogP) is 1.48. The summed E-state index contributed by atoms with van der Waals surface area (Å²) in [4.78, 5) is 47.3. The summed E-state index contributed by atoms with van der Waals surface area (Å²) in [5.74, 6) is 35.4. The second-order valence-corrected chi connectivity index (χ2v) is 7.13. The highest BCUT2D eigenvalue weighted by molar-refractivity contribution is 5.96. The standard InChI is InChI=1S/C33H21NO7/c1-4-7-8-9-10-11-12-13-14-15-16-17-18-19-20-21-30(35)34-27(33(38)39)24-26-22-23-28(40-31(36)5-2)29(25-26)41-32(37)6-3/h22-23,25,27H,5-6,24H2,1-3H3,(H,34,35)(H,38,39)/t27-/m0/s1. The van der Waals surface area contributed by atoms with Crippen molar-refractivity contribution in [3.8, 4) is 106 Å². The van der Waals surface area contributed by atoms with Crippen LogP contribution in [0.4, 0.5) is 0 Å². The molecule has 0 heterocycles. The first kappa shape index (κ1) is 32.6. The molecule has 0 aliphatic rings. The number of rotatable bonds is 8. The van der Waals surface area contributed by atoms with E-state index in [1.807, 2.05) is 0 Å². The highest BCUT2D eigenvalue weighted by Crippen LogP contribution is 2.30. The number of carboxylic acids is 1. The third-order valence-electron chi connectivity index (χ3n) is 4.19. The lowest BCUT2D eigenvalue weighted by Crippen LogP contribution is -2.41. The van der Waals surface area contributed by atoms with E-state index in [1.54, 1.807) is 20.8 Å². The number of hydrogen-bond donors (Lipinski definition) is 2. The summed E-state index contributed by atoms with van der Waals surface area (Å²) in [6, 6.07) is 2.87. The molecule has 1 aromatic rings. The van der Waals surface area contributed by atoms with Gasteiger partial charge in [-0.15, -0.1) is 0 Å². The number of carboxylic acid groups (broad SMARTS) is 1. The Morgan fingerprint density at radius 1 is 0.732 bits per heavy atom. The lowest BCUT2D eigenvalue weighted by Gasteiger charge is -2.15. The molecule has 200 valence electrons. The van der Waals surface area contributed by atoms with Crippen molar-refractivity contribution < 1.29 is 33.8 Å². The van der Waals surface area contributed by atoms with Crippen molar-refractivity contribution in [2.45, 2.75) is 46.1 Å². The molecule has 0 aliphatic carbocycles. The minimum atomic E-state index is -1.36. The average molecular weight is 544 g/mol. The summed E-state index contributed by atoms with van der Waals surface area (Å²) in [6.45, 7) is 4.85. The van der Waals surface area contributed by atoms with Crippen molar-refractivity contribution >= 4 is 23.8 Å². The van der Waals surface area contributed by atoms with Crippen LogP contribution in [-0.2, 0) is 25.6 Å². The summed E-state index contributed by atoms with van der Waals surface area (Å²) in [5, 5.41) is 11.8. The fraction of sp³-hybridized carbons (Fsp3) is 0.212. The number of hydrogen-bond acceptors (Lipinski definition) is 6. The third kappa shape index (κ3) is 14.8. The lowest BCUT2D eigenvalue weighted by molar-refractivity contribution is -0.141. The van der Waals surface area contributed by atoms with Crippen molar-refractivity contribution in [3.05, 3.63) is 23.8 Å². The number of carbonyl (C=O) groups is 4. The molecular weight excluding hydrogens is 522 g/mol. The van der Waals surface area contributed by atoms with Gasteiger partial charge in [-0.3, -0.25) is 14.4 Å². The summed E-state index contributed by atoms with van der Waals surface area (Å²) in [5.41, 5.74) is 0.393. The van der Waals surface area contributed by atoms with E-state index in [1.165, 1.54) is 18.2 Å². The van der Waals surface area contributed by atoms with Gasteiger partial charge in [-0.05, 0) is 108 Å². The van der Waals surface area contributed by atoms with Crippen molar-refractivity contribution in [2.24, 2.45) is 0 Å². The Morgan fingerprint density at radius 3 is 1.66 bits per heavy atom. The minimum absolute atomic E-state index is 0.0126. The maximum atomic E-state index is 12.1. The monoisotopic (exact) mass is 543 g/mol. The quantitative estimate of drug-likeness (QED) is 0.290. The van der Waals surface area contributed by atoms with Crippen molar-refractivity contribution in [3.63, 3.8) is 0 Å². The molecule has 0 aromatic heterocycles. The number of ether oxygens (including phenoxy) is 2. The zero-order chi connectivity index (χ0) is 30.3. The molecule has 0 fully saturated rings. The number of nitrogens with one attached hydrogen (secondary N) is 1. The number of amides is 1. The fourth-order valence-corrected chi connectivity index (χ4v) is 2.39. The second-order valence-electron chi connectivity index (χ2n) is 7.13. The maximum absolute atomic E-state index is 12.1. The van der Waals surface area contributed by atoms with E-state index in [0.717, 1.165) is 0 Å². The van der Waals surface area contributed by atoms with Crippen molar-refractivity contribution in [1.82, 2.24) is 5.32 Å². The third-order valence-corrected chi connectivity index (χ3v) is 4.19. The van der Waals surface area contributed by atoms with Gasteiger partial charge in [0, 0.05) is 25.2 Å². The Kier molecular flexibility index (Phi) is 15.6. The van der Waals surface area contributed by atoms with E-state index in [2.05, 4.69) is 100 Å². The Bertz CT molecular complexity index is 1710. The van der Waals surface area contributed by atoms with Crippen LogP contribution in [0, 0.1) is 94.7 Å². The van der Waals surface area contributed by atoms with Gasteiger partial charge in [-0.1, -0.05) is 25.8 Å². The zero-order valence-electron chi connectivity index (χ0n) is 22.3. The van der Waals surface area contributed by atoms with E-state index >= 15 is 0 Å². The van der Waals surface area contributed by atoms with Crippen LogP contribution in [0.1, 0.15) is 39.2 Å². The molecule has 2 N–H and O–H groups in total. The molecule has 1 aromatic carbocycles. The Balaban J connectivity index is 2.84. The normalized spacial score (nSPS) is 8.46. The second kappa shape index (κ2) is 19.7. The van der Waals surface area contributed by atoms with Crippen LogP contribution in [0.15, 0.2) is 18.2 Å². The molecule has 1 amide bonds. The first-order chi connectivity index (χ1) is 19.8. The van der Waals surface area contributed by atoms with Crippen molar-refractivity contribution in [1.29, 1.82) is 0 Å². The molecule has 0 unspecified atom stereocenters. The summed E-state index contributed by atoms with van der Waals surface area (Å²) < 4.78 is 10.4. The fourth-order valence-electron chi connectivity index (χ4n) is 2.39. The van der Waals surface area contributed by atoms with E-state index < -0.39 is 29.9 Å². The molecule has 0 bridgehead atoms. The Morgan fingerprint density at radius 2 is 1.20 bits per heavy atom. The molecule has 8 heteroatoms. The smallest absolute Gasteiger partial charge is 0.326 e. The van der Waals surface area contributed by atoms with Gasteiger partial charge in [0.25, 0.3) is 5.91 Å². The van der Waals surface area contributed by atoms with Gasteiger partial charge >= 0.3 is 17.9 Å². The zero-order valence-corrected chi connectivity index (χ0v) is 22.3. The van der Waals surface area contributed by atoms with E-state index in [-0.39, 0.29) is 30.8 Å². The largest absolute Gasteiger partial charge is 0.480 e. The number of benzene rings is 1. The van der Waals surface area contributed by atoms with Gasteiger partial charge in [-0.25, -0.2) is 4.79 Å². The summed E-state index contributed by atoms with van der Waals surface area (Å²) >= 11 is 0. The van der Waals surface area contributed by atoms with Gasteiger partial charge in [-0.2, -0.15) is 0 Å². The topological polar surface area (TPSA) is 119 Å². The number of aliphatic carboxylic acids is 1. The van der Waals surface area contributed by atoms with Crippen LogP contribution in [0.5, 0.6) is 11.5 Å². The summed E-state index contributed by atoms with van der Waals surface area (Å²) in [7, 11) is 0. The van der Waals surface area contributed by atoms with Crippen molar-refractivity contribution in [2.75, 3.05) is 0 Å². The van der Waals surface area contributed by atoms with Crippen LogP contribution < -0.4 is 14.8 Å². The first-order valence-corrected chi connectivity index (χ1v) is 11.8. The number of carbonyl (C=O) groups excluding carboxylic acids is 3. The molecule has 1 atom stereocenters. The molecule has 8 nitrogen and oxygen atoms in total. The molecular formula is C33H21NO7. The molecule has 41 heavy (non-hydrogen) atoms. The molecule has 0 saturated heterocycles. The molecule has 0 spiro atoms. The molecule has 1 rings (SSSR count). The Labute approximate surface area is 238 Å². The first-order valence-electron chi connectivity index (χ1n) is 11.8. The van der Waals surface area contributed by atoms with Gasteiger partial charge < -0.3 is 19.9 Å². The van der Waals surface area contributed by atoms with Gasteiger partial charge in [0.15, 0.2) is 11.5 Å². The average Bonchev–Trinajstić information content (AvgIpc) is 2.95. The van der Waals surface area contributed by atoms with E-state index in [0.29, 0.717) is 5.56 Å². The molecule has 0 radical (unpaired) electrons. The van der Waals surface area contributed by atoms with Crippen LogP contribution >= 0.6 is 0 Å².